The number of thioether (sulfide) groups is 1. The Bertz CT molecular complexity index is 421. The summed E-state index contributed by atoms with van der Waals surface area (Å²) < 4.78 is 0. The van der Waals surface area contributed by atoms with E-state index in [1.807, 2.05) is 37.7 Å². The van der Waals surface area contributed by atoms with E-state index in [-0.39, 0.29) is 0 Å². The Hall–Kier alpha value is -0.510. The number of aliphatic hydroxyl groups is 1. The highest BCUT2D eigenvalue weighted by Gasteiger charge is 2.22. The van der Waals surface area contributed by atoms with E-state index in [2.05, 4.69) is 24.3 Å². The standard InChI is InChI=1S/C18H29NOS/c1-18(20,14-19(2)3)13-15-9-11-17(12-10-15)21-16-7-5-4-6-8-16/h9-12,16,20H,4-8,13-14H2,1-3H3. The lowest BCUT2D eigenvalue weighted by molar-refractivity contribution is 0.0339. The van der Waals surface area contributed by atoms with Crippen LogP contribution in [0.3, 0.4) is 0 Å². The van der Waals surface area contributed by atoms with Gasteiger partial charge in [-0.15, -0.1) is 11.8 Å². The Morgan fingerprint density at radius 1 is 1.14 bits per heavy atom. The van der Waals surface area contributed by atoms with Crippen LogP contribution in [0.4, 0.5) is 0 Å². The maximum Gasteiger partial charge on any atom is 0.0785 e. The molecule has 0 amide bonds. The Labute approximate surface area is 133 Å². The van der Waals surface area contributed by atoms with Gasteiger partial charge < -0.3 is 10.0 Å². The fourth-order valence-corrected chi connectivity index (χ4v) is 4.49. The van der Waals surface area contributed by atoms with Gasteiger partial charge in [-0.3, -0.25) is 0 Å². The van der Waals surface area contributed by atoms with Gasteiger partial charge in [0.1, 0.15) is 0 Å². The lowest BCUT2D eigenvalue weighted by Gasteiger charge is -2.27. The Morgan fingerprint density at radius 3 is 2.33 bits per heavy atom. The molecule has 1 aromatic rings. The minimum Gasteiger partial charge on any atom is -0.388 e. The molecule has 0 heterocycles. The summed E-state index contributed by atoms with van der Waals surface area (Å²) >= 11 is 2.03. The molecule has 0 radical (unpaired) electrons. The predicted octanol–water partition coefficient (Wildman–Crippen LogP) is 3.97. The number of likely N-dealkylation sites (N-methyl/N-ethyl adjacent to an activating group) is 1. The van der Waals surface area contributed by atoms with Gasteiger partial charge in [0.15, 0.2) is 0 Å². The molecular formula is C18H29NOS. The highest BCUT2D eigenvalue weighted by atomic mass is 32.2. The minimum atomic E-state index is -0.665. The molecule has 1 fully saturated rings. The summed E-state index contributed by atoms with van der Waals surface area (Å²) in [5.41, 5.74) is 0.552. The highest BCUT2D eigenvalue weighted by Crippen LogP contribution is 2.33. The third-order valence-corrected chi connectivity index (χ3v) is 5.37. The average molecular weight is 308 g/mol. The smallest absolute Gasteiger partial charge is 0.0785 e. The van der Waals surface area contributed by atoms with Crippen LogP contribution in [0.1, 0.15) is 44.6 Å². The topological polar surface area (TPSA) is 23.5 Å². The first-order valence-electron chi connectivity index (χ1n) is 8.07. The van der Waals surface area contributed by atoms with Crippen LogP contribution in [0.5, 0.6) is 0 Å². The molecule has 1 N–H and O–H groups in total. The molecule has 21 heavy (non-hydrogen) atoms. The highest BCUT2D eigenvalue weighted by molar-refractivity contribution is 8.00. The fraction of sp³-hybridized carbons (Fsp3) is 0.667. The van der Waals surface area contributed by atoms with Gasteiger partial charge >= 0.3 is 0 Å². The van der Waals surface area contributed by atoms with E-state index < -0.39 is 5.60 Å². The van der Waals surface area contributed by atoms with Gasteiger partial charge in [-0.1, -0.05) is 31.4 Å². The van der Waals surface area contributed by atoms with Gasteiger partial charge in [0.2, 0.25) is 0 Å². The molecule has 3 heteroatoms. The summed E-state index contributed by atoms with van der Waals surface area (Å²) in [6, 6.07) is 8.80. The second kappa shape index (κ2) is 7.66. The lowest BCUT2D eigenvalue weighted by Crippen LogP contribution is -2.39. The second-order valence-corrected chi connectivity index (χ2v) is 8.31. The number of benzene rings is 1. The van der Waals surface area contributed by atoms with Crippen molar-refractivity contribution in [2.75, 3.05) is 20.6 Å². The molecule has 1 aliphatic rings. The number of rotatable bonds is 6. The molecule has 2 nitrogen and oxygen atoms in total. The van der Waals surface area contributed by atoms with Crippen LogP contribution < -0.4 is 0 Å². The predicted molar refractivity (Wildman–Crippen MR) is 92.1 cm³/mol. The summed E-state index contributed by atoms with van der Waals surface area (Å²) in [7, 11) is 4.00. The van der Waals surface area contributed by atoms with E-state index in [9.17, 15) is 5.11 Å². The first-order chi connectivity index (χ1) is 9.94. The van der Waals surface area contributed by atoms with Crippen molar-refractivity contribution in [3.63, 3.8) is 0 Å². The van der Waals surface area contributed by atoms with E-state index >= 15 is 0 Å². The third kappa shape index (κ3) is 6.01. The zero-order valence-electron chi connectivity index (χ0n) is 13.6. The number of hydrogen-bond donors (Lipinski definition) is 1. The largest absolute Gasteiger partial charge is 0.388 e. The van der Waals surface area contributed by atoms with Gasteiger partial charge in [-0.05, 0) is 51.6 Å². The Morgan fingerprint density at radius 2 is 1.76 bits per heavy atom. The molecule has 0 aliphatic heterocycles. The fourth-order valence-electron chi connectivity index (χ4n) is 3.24. The summed E-state index contributed by atoms with van der Waals surface area (Å²) in [5.74, 6) is 0. The third-order valence-electron chi connectivity index (χ3n) is 4.02. The van der Waals surface area contributed by atoms with Crippen molar-refractivity contribution < 1.29 is 5.11 Å². The van der Waals surface area contributed by atoms with Crippen LogP contribution in [0, 0.1) is 0 Å². The zero-order valence-corrected chi connectivity index (χ0v) is 14.5. The number of hydrogen-bond acceptors (Lipinski definition) is 3. The van der Waals surface area contributed by atoms with E-state index in [0.717, 1.165) is 5.25 Å². The molecule has 1 aliphatic carbocycles. The summed E-state index contributed by atoms with van der Waals surface area (Å²) in [6.45, 7) is 2.60. The van der Waals surface area contributed by atoms with Crippen molar-refractivity contribution in [1.29, 1.82) is 0 Å². The number of nitrogens with zero attached hydrogens (tertiary/aromatic N) is 1. The second-order valence-electron chi connectivity index (χ2n) is 6.93. The van der Waals surface area contributed by atoms with Crippen molar-refractivity contribution >= 4 is 11.8 Å². The maximum atomic E-state index is 10.4. The van der Waals surface area contributed by atoms with Crippen LogP contribution in [0.15, 0.2) is 29.2 Å². The summed E-state index contributed by atoms with van der Waals surface area (Å²) in [5, 5.41) is 11.2. The van der Waals surface area contributed by atoms with Crippen molar-refractivity contribution in [2.45, 2.75) is 61.2 Å². The average Bonchev–Trinajstić information content (AvgIpc) is 2.40. The molecule has 0 saturated heterocycles. The zero-order chi connectivity index (χ0) is 15.3. The SMILES string of the molecule is CN(C)CC(C)(O)Cc1ccc(SC2CCCCC2)cc1. The summed E-state index contributed by atoms with van der Waals surface area (Å²) in [6.07, 6.45) is 7.64. The van der Waals surface area contributed by atoms with Gasteiger partial charge in [0.25, 0.3) is 0 Å². The molecule has 1 saturated carbocycles. The first-order valence-corrected chi connectivity index (χ1v) is 8.95. The van der Waals surface area contributed by atoms with Crippen molar-refractivity contribution in [3.8, 4) is 0 Å². The molecule has 0 spiro atoms. The summed E-state index contributed by atoms with van der Waals surface area (Å²) in [4.78, 5) is 3.41. The molecular weight excluding hydrogens is 278 g/mol. The van der Waals surface area contributed by atoms with Gasteiger partial charge in [0.05, 0.1) is 5.60 Å². The van der Waals surface area contributed by atoms with Gasteiger partial charge in [-0.2, -0.15) is 0 Å². The molecule has 1 aromatic carbocycles. The van der Waals surface area contributed by atoms with E-state index in [0.29, 0.717) is 13.0 Å². The maximum absolute atomic E-state index is 10.4. The van der Waals surface area contributed by atoms with Crippen LogP contribution >= 0.6 is 11.8 Å². The first kappa shape index (κ1) is 16.9. The van der Waals surface area contributed by atoms with Crippen LogP contribution in [0.25, 0.3) is 0 Å². The van der Waals surface area contributed by atoms with Crippen molar-refractivity contribution in [1.82, 2.24) is 4.90 Å². The lowest BCUT2D eigenvalue weighted by atomic mass is 9.96. The van der Waals surface area contributed by atoms with Crippen molar-refractivity contribution in [3.05, 3.63) is 29.8 Å². The van der Waals surface area contributed by atoms with Gasteiger partial charge in [0, 0.05) is 23.1 Å². The normalized spacial score (nSPS) is 19.7. The molecule has 1 unspecified atom stereocenters. The molecule has 1 atom stereocenters. The Kier molecular flexibility index (Phi) is 6.15. The Balaban J connectivity index is 1.89. The van der Waals surface area contributed by atoms with Crippen LogP contribution in [-0.4, -0.2) is 41.5 Å². The molecule has 0 aromatic heterocycles. The van der Waals surface area contributed by atoms with Crippen LogP contribution in [-0.2, 0) is 6.42 Å². The minimum absolute atomic E-state index is 0.665. The van der Waals surface area contributed by atoms with E-state index in [4.69, 9.17) is 0 Å². The molecule has 0 bridgehead atoms. The van der Waals surface area contributed by atoms with Gasteiger partial charge in [-0.25, -0.2) is 0 Å². The van der Waals surface area contributed by atoms with Crippen LogP contribution in [0.2, 0.25) is 0 Å². The molecule has 2 rings (SSSR count). The monoisotopic (exact) mass is 307 g/mol. The van der Waals surface area contributed by atoms with E-state index in [1.165, 1.54) is 42.6 Å². The van der Waals surface area contributed by atoms with Crippen molar-refractivity contribution in [2.24, 2.45) is 0 Å². The quantitative estimate of drug-likeness (QED) is 0.860. The molecule has 118 valence electrons. The van der Waals surface area contributed by atoms with E-state index in [1.54, 1.807) is 0 Å².